The predicted octanol–water partition coefficient (Wildman–Crippen LogP) is 2.17. The summed E-state index contributed by atoms with van der Waals surface area (Å²) in [6.45, 7) is 3.54. The van der Waals surface area contributed by atoms with E-state index in [-0.39, 0.29) is 5.91 Å². The van der Waals surface area contributed by atoms with Gasteiger partial charge >= 0.3 is 0 Å². The van der Waals surface area contributed by atoms with Gasteiger partial charge in [-0.15, -0.1) is 11.3 Å². The molecule has 0 aliphatic carbocycles. The molecular weight excluding hydrogens is 318 g/mol. The minimum absolute atomic E-state index is 0.0536. The number of hydrogen-bond acceptors (Lipinski definition) is 4. The summed E-state index contributed by atoms with van der Waals surface area (Å²) in [5.41, 5.74) is 0. The maximum Gasteiger partial charge on any atom is 0.289 e. The van der Waals surface area contributed by atoms with Gasteiger partial charge in [0.2, 0.25) is 0 Å². The summed E-state index contributed by atoms with van der Waals surface area (Å²) in [6.07, 6.45) is 1.52. The number of rotatable bonds is 3. The Labute approximate surface area is 138 Å². The molecule has 0 spiro atoms. The zero-order valence-electron chi connectivity index (χ0n) is 12.0. The first-order valence-electron chi connectivity index (χ1n) is 7.12. The van der Waals surface area contributed by atoms with Crippen molar-refractivity contribution in [2.45, 2.75) is 6.54 Å². The Morgan fingerprint density at radius 1 is 1.23 bits per heavy atom. The molecular formula is C15H17N3O2S2. The lowest BCUT2D eigenvalue weighted by atomic mass is 10.3. The quantitative estimate of drug-likeness (QED) is 0.871. The first-order valence-corrected chi connectivity index (χ1v) is 8.41. The number of thiophene rings is 1. The second kappa shape index (κ2) is 6.93. The van der Waals surface area contributed by atoms with E-state index in [1.807, 2.05) is 6.07 Å². The third-order valence-electron chi connectivity index (χ3n) is 3.58. The van der Waals surface area contributed by atoms with Gasteiger partial charge in [0.25, 0.3) is 5.91 Å². The van der Waals surface area contributed by atoms with Crippen molar-refractivity contribution in [3.8, 4) is 0 Å². The number of piperazine rings is 1. The average molecular weight is 335 g/mol. The van der Waals surface area contributed by atoms with E-state index < -0.39 is 0 Å². The van der Waals surface area contributed by atoms with Crippen molar-refractivity contribution in [3.63, 3.8) is 0 Å². The monoisotopic (exact) mass is 335 g/mol. The number of nitrogens with zero attached hydrogens (tertiary/aromatic N) is 2. The lowest BCUT2D eigenvalue weighted by molar-refractivity contribution is 0.0659. The fourth-order valence-electron chi connectivity index (χ4n) is 2.36. The van der Waals surface area contributed by atoms with Gasteiger partial charge in [-0.3, -0.25) is 4.79 Å². The Bertz CT molecular complexity index is 617. The molecule has 7 heteroatoms. The molecule has 2 aromatic heterocycles. The number of furan rings is 1. The third kappa shape index (κ3) is 3.48. The minimum Gasteiger partial charge on any atom is -0.459 e. The molecule has 0 radical (unpaired) electrons. The highest BCUT2D eigenvalue weighted by Gasteiger charge is 2.24. The molecule has 0 atom stereocenters. The number of amides is 1. The van der Waals surface area contributed by atoms with E-state index in [0.29, 0.717) is 18.8 Å². The van der Waals surface area contributed by atoms with Crippen LogP contribution in [0.15, 0.2) is 40.3 Å². The molecule has 3 heterocycles. The fourth-order valence-corrected chi connectivity index (χ4v) is 3.26. The molecule has 1 N–H and O–H groups in total. The lowest BCUT2D eigenvalue weighted by Crippen LogP contribution is -2.52. The highest BCUT2D eigenvalue weighted by Crippen LogP contribution is 2.11. The molecule has 3 rings (SSSR count). The summed E-state index contributed by atoms with van der Waals surface area (Å²) in [6, 6.07) is 7.54. The Hall–Kier alpha value is -1.86. The topological polar surface area (TPSA) is 48.7 Å². The Balaban J connectivity index is 1.47. The molecule has 1 aliphatic heterocycles. The third-order valence-corrected chi connectivity index (χ3v) is 4.86. The Kier molecular flexibility index (Phi) is 4.74. The smallest absolute Gasteiger partial charge is 0.289 e. The van der Waals surface area contributed by atoms with Gasteiger partial charge in [0.15, 0.2) is 10.9 Å². The zero-order valence-corrected chi connectivity index (χ0v) is 13.7. The van der Waals surface area contributed by atoms with Crippen molar-refractivity contribution in [1.82, 2.24) is 15.1 Å². The van der Waals surface area contributed by atoms with Crippen LogP contribution >= 0.6 is 23.6 Å². The van der Waals surface area contributed by atoms with Gasteiger partial charge < -0.3 is 19.5 Å². The summed E-state index contributed by atoms with van der Waals surface area (Å²) in [5.74, 6) is 0.342. The Morgan fingerprint density at radius 2 is 2.00 bits per heavy atom. The number of carbonyl (C=O) groups excluding carboxylic acids is 1. The molecule has 1 aliphatic rings. The van der Waals surface area contributed by atoms with Gasteiger partial charge in [0.05, 0.1) is 12.8 Å². The molecule has 0 saturated carbocycles. The number of nitrogens with one attached hydrogen (secondary N) is 1. The molecule has 116 valence electrons. The van der Waals surface area contributed by atoms with Crippen molar-refractivity contribution in [2.75, 3.05) is 26.2 Å². The van der Waals surface area contributed by atoms with Crippen LogP contribution in [-0.2, 0) is 6.54 Å². The van der Waals surface area contributed by atoms with Gasteiger partial charge in [0.1, 0.15) is 0 Å². The van der Waals surface area contributed by atoms with Crippen molar-refractivity contribution >= 4 is 34.6 Å². The molecule has 22 heavy (non-hydrogen) atoms. The summed E-state index contributed by atoms with van der Waals surface area (Å²) >= 11 is 7.14. The van der Waals surface area contributed by atoms with Crippen LogP contribution in [0, 0.1) is 0 Å². The normalized spacial score (nSPS) is 14.9. The minimum atomic E-state index is -0.0536. The van der Waals surface area contributed by atoms with Gasteiger partial charge in [0, 0.05) is 31.1 Å². The van der Waals surface area contributed by atoms with Crippen molar-refractivity contribution in [3.05, 3.63) is 46.5 Å². The maximum atomic E-state index is 12.2. The summed E-state index contributed by atoms with van der Waals surface area (Å²) < 4.78 is 5.16. The predicted molar refractivity (Wildman–Crippen MR) is 89.9 cm³/mol. The standard InChI is InChI=1S/C15H17N3O2S2/c19-14(13-4-1-9-20-13)17-5-7-18(8-6-17)15(21)16-11-12-3-2-10-22-12/h1-4,9-10H,5-8,11H2,(H,16,21). The van der Waals surface area contributed by atoms with Crippen molar-refractivity contribution in [1.29, 1.82) is 0 Å². The van der Waals surface area contributed by atoms with E-state index in [9.17, 15) is 4.79 Å². The number of carbonyl (C=O) groups is 1. The SMILES string of the molecule is O=C(c1ccco1)N1CCN(C(=S)NCc2cccs2)CC1. The molecule has 0 bridgehead atoms. The maximum absolute atomic E-state index is 12.2. The first kappa shape index (κ1) is 15.1. The van der Waals surface area contributed by atoms with Crippen LogP contribution in [0.5, 0.6) is 0 Å². The van der Waals surface area contributed by atoms with Crippen LogP contribution < -0.4 is 5.32 Å². The highest BCUT2D eigenvalue weighted by molar-refractivity contribution is 7.80. The fraction of sp³-hybridized carbons (Fsp3) is 0.333. The second-order valence-electron chi connectivity index (χ2n) is 4.99. The molecule has 2 aromatic rings. The zero-order chi connectivity index (χ0) is 15.4. The van der Waals surface area contributed by atoms with E-state index in [1.165, 1.54) is 11.1 Å². The molecule has 1 amide bonds. The van der Waals surface area contributed by atoms with E-state index in [2.05, 4.69) is 21.7 Å². The van der Waals surface area contributed by atoms with Gasteiger partial charge in [-0.05, 0) is 35.8 Å². The second-order valence-corrected chi connectivity index (χ2v) is 6.41. The van der Waals surface area contributed by atoms with E-state index >= 15 is 0 Å². The number of hydrogen-bond donors (Lipinski definition) is 1. The van der Waals surface area contributed by atoms with Crippen LogP contribution in [0.4, 0.5) is 0 Å². The molecule has 1 fully saturated rings. The van der Waals surface area contributed by atoms with Gasteiger partial charge in [-0.1, -0.05) is 6.07 Å². The van der Waals surface area contributed by atoms with Crippen LogP contribution in [0.3, 0.4) is 0 Å². The highest BCUT2D eigenvalue weighted by atomic mass is 32.1. The lowest BCUT2D eigenvalue weighted by Gasteiger charge is -2.35. The van der Waals surface area contributed by atoms with Crippen LogP contribution in [0.2, 0.25) is 0 Å². The largest absolute Gasteiger partial charge is 0.459 e. The van der Waals surface area contributed by atoms with E-state index in [4.69, 9.17) is 16.6 Å². The van der Waals surface area contributed by atoms with Crippen LogP contribution in [0.1, 0.15) is 15.4 Å². The first-order chi connectivity index (χ1) is 10.7. The molecule has 5 nitrogen and oxygen atoms in total. The number of thiocarbonyl (C=S) groups is 1. The van der Waals surface area contributed by atoms with Crippen LogP contribution in [0.25, 0.3) is 0 Å². The van der Waals surface area contributed by atoms with Gasteiger partial charge in [-0.25, -0.2) is 0 Å². The summed E-state index contributed by atoms with van der Waals surface area (Å²) in [7, 11) is 0. The van der Waals surface area contributed by atoms with Crippen LogP contribution in [-0.4, -0.2) is 47.0 Å². The van der Waals surface area contributed by atoms with E-state index in [1.54, 1.807) is 28.4 Å². The summed E-state index contributed by atoms with van der Waals surface area (Å²) in [4.78, 5) is 17.4. The Morgan fingerprint density at radius 3 is 2.64 bits per heavy atom. The molecule has 1 saturated heterocycles. The summed E-state index contributed by atoms with van der Waals surface area (Å²) in [5, 5.41) is 6.08. The van der Waals surface area contributed by atoms with Gasteiger partial charge in [-0.2, -0.15) is 0 Å². The van der Waals surface area contributed by atoms with E-state index in [0.717, 1.165) is 24.7 Å². The molecule has 0 unspecified atom stereocenters. The van der Waals surface area contributed by atoms with Crippen molar-refractivity contribution < 1.29 is 9.21 Å². The average Bonchev–Trinajstić information content (AvgIpc) is 3.25. The van der Waals surface area contributed by atoms with Crippen molar-refractivity contribution in [2.24, 2.45) is 0 Å². The molecule has 0 aromatic carbocycles.